The van der Waals surface area contributed by atoms with E-state index in [1.54, 1.807) is 11.3 Å². The van der Waals surface area contributed by atoms with Gasteiger partial charge in [-0.2, -0.15) is 0 Å². The van der Waals surface area contributed by atoms with Crippen LogP contribution < -0.4 is 4.74 Å². The zero-order valence-corrected chi connectivity index (χ0v) is 21.1. The molecule has 0 bridgehead atoms. The van der Waals surface area contributed by atoms with Crippen molar-refractivity contribution in [3.63, 3.8) is 0 Å². The molecule has 2 rings (SSSR count). The second-order valence-corrected chi connectivity index (χ2v) is 10.8. The molecule has 0 saturated heterocycles. The van der Waals surface area contributed by atoms with E-state index >= 15 is 0 Å². The minimum absolute atomic E-state index is 0.205. The molecule has 2 atom stereocenters. The van der Waals surface area contributed by atoms with Gasteiger partial charge in [0.05, 0.1) is 12.7 Å². The summed E-state index contributed by atoms with van der Waals surface area (Å²) in [5.41, 5.74) is 3.36. The highest BCUT2D eigenvalue weighted by molar-refractivity contribution is 7.12. The van der Waals surface area contributed by atoms with Crippen LogP contribution in [0.3, 0.4) is 0 Å². The van der Waals surface area contributed by atoms with Gasteiger partial charge in [0.25, 0.3) is 0 Å². The molecular weight excluding hydrogens is 424 g/mol. The van der Waals surface area contributed by atoms with Crippen LogP contribution in [0.25, 0.3) is 0 Å². The summed E-state index contributed by atoms with van der Waals surface area (Å²) in [6.45, 7) is 12.7. The van der Waals surface area contributed by atoms with E-state index in [9.17, 15) is 9.90 Å². The van der Waals surface area contributed by atoms with Crippen LogP contribution in [0.1, 0.15) is 72.9 Å². The number of aliphatic hydroxyl groups is 1. The number of carboxylic acids is 1. The number of hydrogen-bond acceptors (Lipinski definition) is 5. The normalized spacial score (nSPS) is 13.7. The Balaban J connectivity index is 1.96. The van der Waals surface area contributed by atoms with Crippen LogP contribution in [0, 0.1) is 19.3 Å². The number of aliphatic carboxylic acids is 1. The van der Waals surface area contributed by atoms with E-state index in [1.807, 2.05) is 26.8 Å². The summed E-state index contributed by atoms with van der Waals surface area (Å²) in [5, 5.41) is 19.0. The van der Waals surface area contributed by atoms with Crippen molar-refractivity contribution in [2.45, 2.75) is 79.4 Å². The van der Waals surface area contributed by atoms with Crippen molar-refractivity contribution in [1.82, 2.24) is 0 Å². The smallest absolute Gasteiger partial charge is 0.329 e. The molecule has 1 aromatic heterocycles. The lowest BCUT2D eigenvalue weighted by Crippen LogP contribution is -2.32. The van der Waals surface area contributed by atoms with E-state index in [0.717, 1.165) is 35.5 Å². The van der Waals surface area contributed by atoms with Gasteiger partial charge in [-0.15, -0.1) is 11.3 Å². The lowest BCUT2D eigenvalue weighted by molar-refractivity contribution is -0.142. The Morgan fingerprint density at radius 2 is 1.88 bits per heavy atom. The van der Waals surface area contributed by atoms with E-state index in [4.69, 9.17) is 14.6 Å². The molecule has 0 aliphatic rings. The molecule has 0 fully saturated rings. The van der Waals surface area contributed by atoms with E-state index in [-0.39, 0.29) is 18.6 Å². The summed E-state index contributed by atoms with van der Waals surface area (Å²) in [7, 11) is 0. The SMILES string of the molecule is CCC(CCc1cc(C)c(COCC(=O)O)s1)c1ccc(OCC(O)C(C)(C)C)c(C)c1. The highest BCUT2D eigenvalue weighted by atomic mass is 32.1. The van der Waals surface area contributed by atoms with Crippen molar-refractivity contribution in [3.8, 4) is 5.75 Å². The Labute approximate surface area is 196 Å². The zero-order valence-electron chi connectivity index (χ0n) is 20.2. The first-order valence-electron chi connectivity index (χ1n) is 11.3. The lowest BCUT2D eigenvalue weighted by atomic mass is 9.89. The van der Waals surface area contributed by atoms with Crippen LogP contribution in [0.2, 0.25) is 0 Å². The van der Waals surface area contributed by atoms with Gasteiger partial charge in [-0.3, -0.25) is 0 Å². The van der Waals surface area contributed by atoms with E-state index in [2.05, 4.69) is 39.0 Å². The number of benzene rings is 1. The number of carboxylic acid groups (broad SMARTS) is 1. The first-order chi connectivity index (χ1) is 15.0. The summed E-state index contributed by atoms with van der Waals surface area (Å²) in [5.74, 6) is 0.339. The molecule has 0 aliphatic carbocycles. The molecule has 0 amide bonds. The number of aryl methyl sites for hydroxylation is 3. The second kappa shape index (κ2) is 11.8. The molecule has 2 N–H and O–H groups in total. The maximum atomic E-state index is 10.6. The summed E-state index contributed by atoms with van der Waals surface area (Å²) in [6.07, 6.45) is 2.58. The monoisotopic (exact) mass is 462 g/mol. The van der Waals surface area contributed by atoms with Gasteiger partial charge in [0, 0.05) is 9.75 Å². The fourth-order valence-corrected chi connectivity index (χ4v) is 4.65. The molecule has 5 nitrogen and oxygen atoms in total. The molecule has 2 unspecified atom stereocenters. The van der Waals surface area contributed by atoms with Crippen molar-refractivity contribution in [3.05, 3.63) is 50.7 Å². The Kier molecular flexibility index (Phi) is 9.74. The maximum Gasteiger partial charge on any atom is 0.329 e. The zero-order chi connectivity index (χ0) is 23.9. The molecule has 0 spiro atoms. The molecule has 2 aromatic rings. The summed E-state index contributed by atoms with van der Waals surface area (Å²) in [6, 6.07) is 8.57. The molecule has 0 aliphatic heterocycles. The van der Waals surface area contributed by atoms with Crippen LogP contribution in [-0.4, -0.2) is 35.5 Å². The van der Waals surface area contributed by atoms with E-state index in [0.29, 0.717) is 12.5 Å². The molecule has 1 heterocycles. The molecular formula is C26H38O5S. The van der Waals surface area contributed by atoms with Gasteiger partial charge in [0.15, 0.2) is 0 Å². The number of rotatable bonds is 12. The van der Waals surface area contributed by atoms with Gasteiger partial charge in [0.1, 0.15) is 19.0 Å². The first kappa shape index (κ1) is 26.4. The molecule has 178 valence electrons. The maximum absolute atomic E-state index is 10.6. The van der Waals surface area contributed by atoms with Gasteiger partial charge in [-0.25, -0.2) is 4.79 Å². The van der Waals surface area contributed by atoms with Crippen molar-refractivity contribution in [2.75, 3.05) is 13.2 Å². The summed E-state index contributed by atoms with van der Waals surface area (Å²) in [4.78, 5) is 13.0. The van der Waals surface area contributed by atoms with Gasteiger partial charge < -0.3 is 19.7 Å². The molecule has 0 saturated carbocycles. The lowest BCUT2D eigenvalue weighted by Gasteiger charge is -2.26. The minimum Gasteiger partial charge on any atom is -0.491 e. The molecule has 6 heteroatoms. The molecule has 1 aromatic carbocycles. The fraction of sp³-hybridized carbons (Fsp3) is 0.577. The van der Waals surface area contributed by atoms with Gasteiger partial charge in [-0.05, 0) is 73.3 Å². The highest BCUT2D eigenvalue weighted by Gasteiger charge is 2.23. The average Bonchev–Trinajstić information content (AvgIpc) is 3.06. The fourth-order valence-electron chi connectivity index (χ4n) is 3.52. The predicted molar refractivity (Wildman–Crippen MR) is 130 cm³/mol. The molecule has 32 heavy (non-hydrogen) atoms. The van der Waals surface area contributed by atoms with Gasteiger partial charge >= 0.3 is 5.97 Å². The Hall–Kier alpha value is -1.89. The van der Waals surface area contributed by atoms with Crippen LogP contribution in [0.5, 0.6) is 5.75 Å². The Morgan fingerprint density at radius 1 is 1.16 bits per heavy atom. The van der Waals surface area contributed by atoms with Gasteiger partial charge in [-0.1, -0.05) is 39.8 Å². The van der Waals surface area contributed by atoms with Crippen molar-refractivity contribution < 1.29 is 24.5 Å². The van der Waals surface area contributed by atoms with Crippen LogP contribution in [0.15, 0.2) is 24.3 Å². The second-order valence-electron chi connectivity index (χ2n) is 9.57. The van der Waals surface area contributed by atoms with E-state index in [1.165, 1.54) is 16.0 Å². The number of thiophene rings is 1. The third-order valence-electron chi connectivity index (χ3n) is 5.83. The van der Waals surface area contributed by atoms with Crippen LogP contribution >= 0.6 is 11.3 Å². The van der Waals surface area contributed by atoms with Crippen LogP contribution in [0.4, 0.5) is 0 Å². The predicted octanol–water partition coefficient (Wildman–Crippen LogP) is 5.88. The quantitative estimate of drug-likeness (QED) is 0.412. The van der Waals surface area contributed by atoms with Crippen molar-refractivity contribution in [1.29, 1.82) is 0 Å². The van der Waals surface area contributed by atoms with Crippen molar-refractivity contribution >= 4 is 17.3 Å². The number of ether oxygens (including phenoxy) is 2. The third kappa shape index (κ3) is 7.91. The van der Waals surface area contributed by atoms with Crippen molar-refractivity contribution in [2.24, 2.45) is 5.41 Å². The average molecular weight is 463 g/mol. The summed E-state index contributed by atoms with van der Waals surface area (Å²) >= 11 is 1.71. The molecule has 0 radical (unpaired) electrons. The van der Waals surface area contributed by atoms with Gasteiger partial charge in [0.2, 0.25) is 0 Å². The number of aliphatic hydroxyl groups excluding tert-OH is 1. The topological polar surface area (TPSA) is 76.0 Å². The Bertz CT molecular complexity index is 881. The first-order valence-corrected chi connectivity index (χ1v) is 12.1. The number of carbonyl (C=O) groups is 1. The third-order valence-corrected chi connectivity index (χ3v) is 7.10. The van der Waals surface area contributed by atoms with E-state index < -0.39 is 12.1 Å². The minimum atomic E-state index is -0.942. The summed E-state index contributed by atoms with van der Waals surface area (Å²) < 4.78 is 11.1. The standard InChI is InChI=1S/C26H38O5S/c1-7-19(8-10-21-13-18(3)23(32-21)14-30-16-25(28)29)20-9-11-22(17(2)12-20)31-15-24(27)26(4,5)6/h9,11-13,19,24,27H,7-8,10,14-16H2,1-6H3,(H,28,29). The largest absolute Gasteiger partial charge is 0.491 e. The Morgan fingerprint density at radius 3 is 2.47 bits per heavy atom. The number of hydrogen-bond donors (Lipinski definition) is 2. The van der Waals surface area contributed by atoms with Crippen LogP contribution in [-0.2, 0) is 22.6 Å². The highest BCUT2D eigenvalue weighted by Crippen LogP contribution is 2.32.